The summed E-state index contributed by atoms with van der Waals surface area (Å²) in [4.78, 5) is 0. The monoisotopic (exact) mass is 97.1 g/mol. The molecule has 0 fully saturated rings. The van der Waals surface area contributed by atoms with Crippen LogP contribution in [0.25, 0.3) is 0 Å². The van der Waals surface area contributed by atoms with Crippen molar-refractivity contribution in [1.82, 2.24) is 0 Å². The van der Waals surface area contributed by atoms with Crippen LogP contribution in [0.2, 0.25) is 0 Å². The van der Waals surface area contributed by atoms with Crippen LogP contribution in [0.4, 0.5) is 0 Å². The second-order valence-electron chi connectivity index (χ2n) is 1.23. The molecule has 0 aliphatic rings. The van der Waals surface area contributed by atoms with E-state index in [0.717, 1.165) is 6.42 Å². The minimum atomic E-state index is 0.633. The molecule has 7 heavy (non-hydrogen) atoms. The van der Waals surface area contributed by atoms with Crippen LogP contribution in [0, 0.1) is 0 Å². The van der Waals surface area contributed by atoms with Gasteiger partial charge in [0.25, 0.3) is 0 Å². The first kappa shape index (κ1) is 6.44. The molecule has 0 aromatic rings. The van der Waals surface area contributed by atoms with Crippen molar-refractivity contribution in [2.24, 2.45) is 5.73 Å². The van der Waals surface area contributed by atoms with Gasteiger partial charge in [-0.3, -0.25) is 0 Å². The molecular weight excluding hydrogens is 86.1 g/mol. The van der Waals surface area contributed by atoms with Crippen LogP contribution in [0.15, 0.2) is 24.8 Å². The normalized spacial score (nSPS) is 9.86. The fourth-order valence-electron chi connectivity index (χ4n) is 0.289. The van der Waals surface area contributed by atoms with Crippen LogP contribution in [-0.2, 0) is 0 Å². The average molecular weight is 97.2 g/mol. The third kappa shape index (κ3) is 5.44. The number of hydrogen-bond donors (Lipinski definition) is 1. The molecule has 0 amide bonds. The standard InChI is InChI=1S/C6H11N/c1-2-3-4-5-6-7/h2,4-5H,1,3,6-7H2/b5-4-. The van der Waals surface area contributed by atoms with Crippen LogP contribution < -0.4 is 5.73 Å². The van der Waals surface area contributed by atoms with Crippen molar-refractivity contribution >= 4 is 0 Å². The number of rotatable bonds is 3. The van der Waals surface area contributed by atoms with E-state index in [9.17, 15) is 0 Å². The van der Waals surface area contributed by atoms with Crippen molar-refractivity contribution in [3.63, 3.8) is 0 Å². The molecule has 0 aromatic heterocycles. The summed E-state index contributed by atoms with van der Waals surface area (Å²) >= 11 is 0. The first-order chi connectivity index (χ1) is 3.41. The molecule has 0 rings (SSSR count). The maximum Gasteiger partial charge on any atom is 0.0106 e. The Hall–Kier alpha value is -0.560. The van der Waals surface area contributed by atoms with Crippen molar-refractivity contribution in [3.05, 3.63) is 24.8 Å². The predicted octanol–water partition coefficient (Wildman–Crippen LogP) is 1.08. The van der Waals surface area contributed by atoms with Crippen LogP contribution in [0.5, 0.6) is 0 Å². The molecule has 0 saturated heterocycles. The van der Waals surface area contributed by atoms with E-state index in [-0.39, 0.29) is 0 Å². The molecule has 0 saturated carbocycles. The van der Waals surface area contributed by atoms with Gasteiger partial charge < -0.3 is 5.73 Å². The molecule has 0 heterocycles. The van der Waals surface area contributed by atoms with Crippen LogP contribution >= 0.6 is 0 Å². The Morgan fingerprint density at radius 1 is 1.43 bits per heavy atom. The lowest BCUT2D eigenvalue weighted by Gasteiger charge is -1.75. The van der Waals surface area contributed by atoms with E-state index < -0.39 is 0 Å². The Balaban J connectivity index is 2.92. The zero-order chi connectivity index (χ0) is 5.54. The quantitative estimate of drug-likeness (QED) is 0.524. The first-order valence-electron chi connectivity index (χ1n) is 2.37. The Morgan fingerprint density at radius 3 is 2.57 bits per heavy atom. The molecule has 0 spiro atoms. The third-order valence-electron chi connectivity index (χ3n) is 0.605. The molecule has 1 heteroatoms. The average Bonchev–Trinajstić information content (AvgIpc) is 1.69. The van der Waals surface area contributed by atoms with Gasteiger partial charge in [0.05, 0.1) is 0 Å². The molecule has 0 aromatic carbocycles. The molecule has 2 N–H and O–H groups in total. The van der Waals surface area contributed by atoms with Gasteiger partial charge in [0.1, 0.15) is 0 Å². The van der Waals surface area contributed by atoms with E-state index >= 15 is 0 Å². The Bertz CT molecular complexity index is 64.6. The topological polar surface area (TPSA) is 26.0 Å². The van der Waals surface area contributed by atoms with Gasteiger partial charge >= 0.3 is 0 Å². The summed E-state index contributed by atoms with van der Waals surface area (Å²) in [6.07, 6.45) is 6.68. The van der Waals surface area contributed by atoms with Crippen molar-refractivity contribution < 1.29 is 0 Å². The summed E-state index contributed by atoms with van der Waals surface area (Å²) in [5.74, 6) is 0. The number of allylic oxidation sites excluding steroid dienone is 2. The van der Waals surface area contributed by atoms with E-state index in [1.54, 1.807) is 0 Å². The highest BCUT2D eigenvalue weighted by Gasteiger charge is 1.63. The summed E-state index contributed by atoms with van der Waals surface area (Å²) in [5.41, 5.74) is 5.15. The predicted molar refractivity (Wildman–Crippen MR) is 33.0 cm³/mol. The number of nitrogens with two attached hydrogens (primary N) is 1. The van der Waals surface area contributed by atoms with Gasteiger partial charge in [0, 0.05) is 6.54 Å². The lowest BCUT2D eigenvalue weighted by atomic mass is 10.4. The van der Waals surface area contributed by atoms with E-state index in [1.165, 1.54) is 0 Å². The van der Waals surface area contributed by atoms with Crippen molar-refractivity contribution in [2.45, 2.75) is 6.42 Å². The summed E-state index contributed by atoms with van der Waals surface area (Å²) in [7, 11) is 0. The maximum absolute atomic E-state index is 5.15. The fraction of sp³-hybridized carbons (Fsp3) is 0.333. The smallest absolute Gasteiger partial charge is 0.0106 e. The molecule has 0 bridgehead atoms. The Kier molecular flexibility index (Phi) is 5.00. The largest absolute Gasteiger partial charge is 0.327 e. The second-order valence-corrected chi connectivity index (χ2v) is 1.23. The van der Waals surface area contributed by atoms with Gasteiger partial charge in [0.15, 0.2) is 0 Å². The second kappa shape index (κ2) is 5.44. The Labute approximate surface area is 44.5 Å². The van der Waals surface area contributed by atoms with Gasteiger partial charge in [-0.25, -0.2) is 0 Å². The van der Waals surface area contributed by atoms with E-state index in [0.29, 0.717) is 6.54 Å². The number of hydrogen-bond acceptors (Lipinski definition) is 1. The Morgan fingerprint density at radius 2 is 2.14 bits per heavy atom. The summed E-state index contributed by atoms with van der Waals surface area (Å²) in [6, 6.07) is 0. The van der Waals surface area contributed by atoms with Gasteiger partial charge in [-0.1, -0.05) is 18.2 Å². The molecule has 1 nitrogen and oxygen atoms in total. The maximum atomic E-state index is 5.15. The van der Waals surface area contributed by atoms with Crippen molar-refractivity contribution in [1.29, 1.82) is 0 Å². The third-order valence-corrected chi connectivity index (χ3v) is 0.605. The molecule has 0 aliphatic heterocycles. The summed E-state index contributed by atoms with van der Waals surface area (Å²) in [6.45, 7) is 4.17. The molecule has 0 aliphatic carbocycles. The van der Waals surface area contributed by atoms with Gasteiger partial charge in [-0.2, -0.15) is 0 Å². The van der Waals surface area contributed by atoms with Gasteiger partial charge in [-0.05, 0) is 6.42 Å². The zero-order valence-electron chi connectivity index (χ0n) is 4.43. The highest BCUT2D eigenvalue weighted by atomic mass is 14.5. The molecular formula is C6H11N. The first-order valence-corrected chi connectivity index (χ1v) is 2.37. The highest BCUT2D eigenvalue weighted by molar-refractivity contribution is 4.88. The minimum absolute atomic E-state index is 0.633. The van der Waals surface area contributed by atoms with Crippen LogP contribution in [-0.4, -0.2) is 6.54 Å². The van der Waals surface area contributed by atoms with Crippen molar-refractivity contribution in [2.75, 3.05) is 6.54 Å². The molecule has 0 unspecified atom stereocenters. The molecule has 0 atom stereocenters. The summed E-state index contributed by atoms with van der Waals surface area (Å²) < 4.78 is 0. The van der Waals surface area contributed by atoms with Crippen LogP contribution in [0.3, 0.4) is 0 Å². The molecule has 0 radical (unpaired) electrons. The summed E-state index contributed by atoms with van der Waals surface area (Å²) in [5, 5.41) is 0. The lowest BCUT2D eigenvalue weighted by Crippen LogP contribution is -1.91. The zero-order valence-corrected chi connectivity index (χ0v) is 4.43. The van der Waals surface area contributed by atoms with E-state index in [4.69, 9.17) is 5.73 Å². The van der Waals surface area contributed by atoms with Crippen LogP contribution in [0.1, 0.15) is 6.42 Å². The van der Waals surface area contributed by atoms with E-state index in [2.05, 4.69) is 6.58 Å². The van der Waals surface area contributed by atoms with Crippen molar-refractivity contribution in [3.8, 4) is 0 Å². The van der Waals surface area contributed by atoms with Gasteiger partial charge in [-0.15, -0.1) is 6.58 Å². The fourth-order valence-corrected chi connectivity index (χ4v) is 0.289. The molecule has 40 valence electrons. The highest BCUT2D eigenvalue weighted by Crippen LogP contribution is 1.79. The lowest BCUT2D eigenvalue weighted by molar-refractivity contribution is 1.23. The van der Waals surface area contributed by atoms with E-state index in [1.807, 2.05) is 18.2 Å². The minimum Gasteiger partial charge on any atom is -0.327 e. The SMILES string of the molecule is C=CC/C=C\CN. The van der Waals surface area contributed by atoms with Gasteiger partial charge in [0.2, 0.25) is 0 Å².